The fraction of sp³-hybridized carbons (Fsp3) is 0.333. The van der Waals surface area contributed by atoms with Crippen molar-refractivity contribution in [3.63, 3.8) is 0 Å². The molecule has 0 spiro atoms. The van der Waals surface area contributed by atoms with Crippen LogP contribution < -0.4 is 14.2 Å². The van der Waals surface area contributed by atoms with Crippen LogP contribution in [0.2, 0.25) is 0 Å². The van der Waals surface area contributed by atoms with Crippen LogP contribution in [0.25, 0.3) is 5.57 Å². The molecule has 0 saturated heterocycles. The standard InChI is InChI=1S/C18H22O3/c1-13-8-6-5-7-9-14(10-13)15-11-16(19-2)18(21-4)17(12-15)20-3/h7-12H,5-6H2,1-4H3/b9-7-,13-8-,14-10+. The molecule has 0 unspecified atom stereocenters. The number of hydrogen-bond donors (Lipinski definition) is 0. The highest BCUT2D eigenvalue weighted by Gasteiger charge is 2.14. The van der Waals surface area contributed by atoms with Gasteiger partial charge in [0, 0.05) is 0 Å². The number of ether oxygens (including phenoxy) is 3. The van der Waals surface area contributed by atoms with Gasteiger partial charge in [-0.3, -0.25) is 0 Å². The molecule has 1 aromatic rings. The molecule has 3 nitrogen and oxygen atoms in total. The second kappa shape index (κ2) is 7.02. The first-order chi connectivity index (χ1) is 10.2. The quantitative estimate of drug-likeness (QED) is 0.821. The van der Waals surface area contributed by atoms with Crippen molar-refractivity contribution in [2.24, 2.45) is 0 Å². The predicted molar refractivity (Wildman–Crippen MR) is 86.2 cm³/mol. The van der Waals surface area contributed by atoms with Gasteiger partial charge in [0.15, 0.2) is 11.5 Å². The van der Waals surface area contributed by atoms with E-state index in [2.05, 4.69) is 31.2 Å². The molecule has 21 heavy (non-hydrogen) atoms. The van der Waals surface area contributed by atoms with Gasteiger partial charge < -0.3 is 14.2 Å². The van der Waals surface area contributed by atoms with E-state index < -0.39 is 0 Å². The first kappa shape index (κ1) is 15.2. The Morgan fingerprint density at radius 2 is 1.57 bits per heavy atom. The van der Waals surface area contributed by atoms with Gasteiger partial charge in [0.05, 0.1) is 21.3 Å². The fourth-order valence-corrected chi connectivity index (χ4v) is 2.40. The predicted octanol–water partition coefficient (Wildman–Crippen LogP) is 4.39. The molecule has 0 radical (unpaired) electrons. The lowest BCUT2D eigenvalue weighted by Gasteiger charge is -2.15. The molecule has 0 N–H and O–H groups in total. The third-order valence-electron chi connectivity index (χ3n) is 3.48. The molecule has 0 amide bonds. The van der Waals surface area contributed by atoms with Crippen LogP contribution in [0.5, 0.6) is 17.2 Å². The topological polar surface area (TPSA) is 27.7 Å². The smallest absolute Gasteiger partial charge is 0.203 e. The lowest BCUT2D eigenvalue weighted by molar-refractivity contribution is 0.324. The van der Waals surface area contributed by atoms with Crippen molar-refractivity contribution in [1.29, 1.82) is 0 Å². The Morgan fingerprint density at radius 3 is 2.14 bits per heavy atom. The molecule has 0 fully saturated rings. The molecule has 1 aromatic carbocycles. The maximum absolute atomic E-state index is 5.42. The minimum atomic E-state index is 0.617. The van der Waals surface area contributed by atoms with Gasteiger partial charge in [-0.15, -0.1) is 0 Å². The second-order valence-corrected chi connectivity index (χ2v) is 4.94. The normalized spacial score (nSPS) is 21.1. The Kier molecular flexibility index (Phi) is 5.09. The van der Waals surface area contributed by atoms with Crippen LogP contribution in [0, 0.1) is 0 Å². The fourth-order valence-electron chi connectivity index (χ4n) is 2.40. The summed E-state index contributed by atoms with van der Waals surface area (Å²) in [7, 11) is 4.88. The number of benzene rings is 1. The van der Waals surface area contributed by atoms with E-state index in [0.29, 0.717) is 17.2 Å². The Morgan fingerprint density at radius 1 is 0.905 bits per heavy atom. The van der Waals surface area contributed by atoms with Crippen LogP contribution in [0.4, 0.5) is 0 Å². The molecule has 2 rings (SSSR count). The van der Waals surface area contributed by atoms with E-state index in [0.717, 1.165) is 24.0 Å². The largest absolute Gasteiger partial charge is 0.493 e. The Labute approximate surface area is 126 Å². The van der Waals surface area contributed by atoms with Crippen LogP contribution in [0.15, 0.2) is 42.0 Å². The van der Waals surface area contributed by atoms with Crippen molar-refractivity contribution in [3.05, 3.63) is 47.6 Å². The van der Waals surface area contributed by atoms with Gasteiger partial charge in [-0.25, -0.2) is 0 Å². The maximum atomic E-state index is 5.42. The van der Waals surface area contributed by atoms with E-state index in [1.54, 1.807) is 21.3 Å². The molecule has 1 aliphatic rings. The Bertz CT molecular complexity index is 569. The summed E-state index contributed by atoms with van der Waals surface area (Å²) in [5.41, 5.74) is 3.46. The Balaban J connectivity index is 2.55. The summed E-state index contributed by atoms with van der Waals surface area (Å²) >= 11 is 0. The molecule has 0 bridgehead atoms. The van der Waals surface area contributed by atoms with Crippen molar-refractivity contribution in [3.8, 4) is 17.2 Å². The van der Waals surface area contributed by atoms with Crippen LogP contribution in [0.3, 0.4) is 0 Å². The minimum Gasteiger partial charge on any atom is -0.493 e. The van der Waals surface area contributed by atoms with E-state index in [1.165, 1.54) is 5.57 Å². The van der Waals surface area contributed by atoms with E-state index in [4.69, 9.17) is 14.2 Å². The van der Waals surface area contributed by atoms with Gasteiger partial charge in [0.25, 0.3) is 0 Å². The highest BCUT2D eigenvalue weighted by molar-refractivity contribution is 5.79. The number of hydrogen-bond acceptors (Lipinski definition) is 3. The van der Waals surface area contributed by atoms with Crippen LogP contribution in [-0.2, 0) is 0 Å². The number of methoxy groups -OCH3 is 3. The highest BCUT2D eigenvalue weighted by Crippen LogP contribution is 2.40. The minimum absolute atomic E-state index is 0.617. The molecule has 0 atom stereocenters. The summed E-state index contributed by atoms with van der Waals surface area (Å²) in [6.07, 6.45) is 10.9. The summed E-state index contributed by atoms with van der Waals surface area (Å²) in [5, 5.41) is 0. The molecule has 0 saturated carbocycles. The molecular weight excluding hydrogens is 264 g/mol. The summed E-state index contributed by atoms with van der Waals surface area (Å²) < 4.78 is 16.2. The van der Waals surface area contributed by atoms with Gasteiger partial charge >= 0.3 is 0 Å². The summed E-state index contributed by atoms with van der Waals surface area (Å²) in [5.74, 6) is 1.96. The maximum Gasteiger partial charge on any atom is 0.203 e. The third kappa shape index (κ3) is 3.48. The first-order valence-electron chi connectivity index (χ1n) is 7.05. The highest BCUT2D eigenvalue weighted by atomic mass is 16.5. The van der Waals surface area contributed by atoms with Gasteiger partial charge in [-0.1, -0.05) is 29.9 Å². The van der Waals surface area contributed by atoms with Crippen molar-refractivity contribution >= 4 is 5.57 Å². The van der Waals surface area contributed by atoms with Crippen molar-refractivity contribution in [2.75, 3.05) is 21.3 Å². The second-order valence-electron chi connectivity index (χ2n) is 4.94. The lowest BCUT2D eigenvalue weighted by Crippen LogP contribution is -1.97. The van der Waals surface area contributed by atoms with Crippen molar-refractivity contribution in [2.45, 2.75) is 19.8 Å². The zero-order chi connectivity index (χ0) is 15.2. The van der Waals surface area contributed by atoms with E-state index in [-0.39, 0.29) is 0 Å². The molecule has 3 heteroatoms. The van der Waals surface area contributed by atoms with Gasteiger partial charge in [0.2, 0.25) is 5.75 Å². The van der Waals surface area contributed by atoms with Gasteiger partial charge in [-0.05, 0) is 43.0 Å². The lowest BCUT2D eigenvalue weighted by atomic mass is 9.99. The number of allylic oxidation sites excluding steroid dienone is 6. The molecular formula is C18H22O3. The van der Waals surface area contributed by atoms with E-state index in [1.807, 2.05) is 12.1 Å². The summed E-state index contributed by atoms with van der Waals surface area (Å²) in [4.78, 5) is 0. The number of rotatable bonds is 4. The van der Waals surface area contributed by atoms with Crippen molar-refractivity contribution in [1.82, 2.24) is 0 Å². The molecule has 0 heterocycles. The summed E-state index contributed by atoms with van der Waals surface area (Å²) in [6, 6.07) is 3.96. The van der Waals surface area contributed by atoms with Crippen LogP contribution >= 0.6 is 0 Å². The summed E-state index contributed by atoms with van der Waals surface area (Å²) in [6.45, 7) is 2.12. The average molecular weight is 286 g/mol. The Hall–Kier alpha value is -2.16. The average Bonchev–Trinajstić information content (AvgIpc) is 2.49. The third-order valence-corrected chi connectivity index (χ3v) is 3.48. The molecule has 112 valence electrons. The van der Waals surface area contributed by atoms with Gasteiger partial charge in [-0.2, -0.15) is 0 Å². The molecule has 1 aliphatic carbocycles. The zero-order valence-corrected chi connectivity index (χ0v) is 13.1. The SMILES string of the molecule is COc1cc(C2=C/C(C)=C\CC/C=C\2)cc(OC)c1OC. The molecule has 0 aromatic heterocycles. The van der Waals surface area contributed by atoms with E-state index >= 15 is 0 Å². The van der Waals surface area contributed by atoms with Gasteiger partial charge in [0.1, 0.15) is 0 Å². The van der Waals surface area contributed by atoms with Crippen molar-refractivity contribution < 1.29 is 14.2 Å². The monoisotopic (exact) mass is 286 g/mol. The zero-order valence-electron chi connectivity index (χ0n) is 13.1. The van der Waals surface area contributed by atoms with E-state index in [9.17, 15) is 0 Å². The molecule has 0 aliphatic heterocycles. The van der Waals surface area contributed by atoms with Crippen LogP contribution in [0.1, 0.15) is 25.3 Å². The van der Waals surface area contributed by atoms with Crippen LogP contribution in [-0.4, -0.2) is 21.3 Å². The first-order valence-corrected chi connectivity index (χ1v) is 7.05.